The number of hydrogen-bond donors (Lipinski definition) is 1. The molecule has 0 aromatic carbocycles. The van der Waals surface area contributed by atoms with Gasteiger partial charge in [-0.25, -0.2) is 4.79 Å². The van der Waals surface area contributed by atoms with Crippen molar-refractivity contribution in [2.45, 2.75) is 6.54 Å². The zero-order chi connectivity index (χ0) is 8.27. The lowest BCUT2D eigenvalue weighted by molar-refractivity contribution is -0.685. The Labute approximate surface area is 81.0 Å². The van der Waals surface area contributed by atoms with E-state index in [-0.39, 0.29) is 19.0 Å². The highest BCUT2D eigenvalue weighted by atomic mass is 35.5. The average Bonchev–Trinajstić information content (AvgIpc) is 1.93. The minimum atomic E-state index is -0.864. The van der Waals surface area contributed by atoms with E-state index in [1.807, 2.05) is 0 Å². The van der Waals surface area contributed by atoms with Crippen molar-refractivity contribution in [1.82, 2.24) is 0 Å². The van der Waals surface area contributed by atoms with E-state index in [4.69, 9.17) is 16.7 Å². The number of carboxylic acid groups (broad SMARTS) is 1. The molecule has 5 heteroatoms. The van der Waals surface area contributed by atoms with Crippen molar-refractivity contribution in [3.8, 4) is 0 Å². The van der Waals surface area contributed by atoms with Gasteiger partial charge in [-0.2, -0.15) is 4.57 Å². The van der Waals surface area contributed by atoms with E-state index in [1.54, 1.807) is 24.5 Å². The molecule has 0 spiro atoms. The molecule has 0 aliphatic carbocycles. The zero-order valence-corrected chi connectivity index (χ0v) is 7.59. The molecule has 12 heavy (non-hydrogen) atoms. The number of aromatic nitrogens is 1. The Morgan fingerprint density at radius 2 is 2.00 bits per heavy atom. The van der Waals surface area contributed by atoms with Crippen molar-refractivity contribution in [2.24, 2.45) is 0 Å². The van der Waals surface area contributed by atoms with E-state index in [1.165, 1.54) is 4.57 Å². The summed E-state index contributed by atoms with van der Waals surface area (Å²) in [7, 11) is 0. The molecule has 66 valence electrons. The number of halogens is 2. The fraction of sp³-hybridized carbons (Fsp3) is 0.143. The summed E-state index contributed by atoms with van der Waals surface area (Å²) in [5, 5.41) is 8.99. The van der Waals surface area contributed by atoms with Gasteiger partial charge in [0.2, 0.25) is 6.54 Å². The van der Waals surface area contributed by atoms with Crippen LogP contribution in [0.1, 0.15) is 0 Å². The summed E-state index contributed by atoms with van der Waals surface area (Å²) in [6.45, 7) is -0.0306. The third-order valence-corrected chi connectivity index (χ3v) is 1.42. The number of hydrogen-bond acceptors (Lipinski definition) is 1. The number of aliphatic carboxylic acids is 1. The molecule has 3 nitrogen and oxygen atoms in total. The topological polar surface area (TPSA) is 41.2 Å². The monoisotopic (exact) mass is 207 g/mol. The second-order valence-electron chi connectivity index (χ2n) is 2.08. The van der Waals surface area contributed by atoms with Crippen molar-refractivity contribution in [1.29, 1.82) is 0 Å². The lowest BCUT2D eigenvalue weighted by Crippen LogP contribution is -3.00. The van der Waals surface area contributed by atoms with Crippen molar-refractivity contribution >= 4 is 17.6 Å². The quantitative estimate of drug-likeness (QED) is 0.556. The molecule has 0 bridgehead atoms. The molecule has 0 atom stereocenters. The van der Waals surface area contributed by atoms with Gasteiger partial charge in [-0.15, -0.1) is 0 Å². The number of carbonyl (C=O) groups is 1. The standard InChI is InChI=1S/C7H6ClNO2.ClH/c8-6-1-3-9(4-2-6)5-7(10)11;/h1-4H,5H2;1H. The summed E-state index contributed by atoms with van der Waals surface area (Å²) in [5.41, 5.74) is 0. The van der Waals surface area contributed by atoms with E-state index in [0.29, 0.717) is 5.02 Å². The maximum absolute atomic E-state index is 10.2. The lowest BCUT2D eigenvalue weighted by atomic mass is 10.5. The van der Waals surface area contributed by atoms with Crippen LogP contribution in [0.3, 0.4) is 0 Å². The highest BCUT2D eigenvalue weighted by molar-refractivity contribution is 6.30. The fourth-order valence-electron chi connectivity index (χ4n) is 0.701. The largest absolute Gasteiger partial charge is 1.00 e. The lowest BCUT2D eigenvalue weighted by Gasteiger charge is -1.90. The number of rotatable bonds is 2. The molecule has 0 aliphatic rings. The third kappa shape index (κ3) is 3.55. The second kappa shape index (κ2) is 4.95. The van der Waals surface area contributed by atoms with Gasteiger partial charge in [-0.05, 0) is 0 Å². The molecular weight excluding hydrogens is 201 g/mol. The van der Waals surface area contributed by atoms with Gasteiger partial charge in [0.05, 0.1) is 5.02 Å². The molecule has 1 aromatic heterocycles. The summed E-state index contributed by atoms with van der Waals surface area (Å²) in [5.74, 6) is -0.864. The SMILES string of the molecule is O=C(O)C[n+]1ccc(Cl)cc1.[Cl-]. The highest BCUT2D eigenvalue weighted by Crippen LogP contribution is 2.01. The van der Waals surface area contributed by atoms with Gasteiger partial charge in [0.1, 0.15) is 0 Å². The van der Waals surface area contributed by atoms with Crippen LogP contribution in [0.5, 0.6) is 0 Å². The maximum atomic E-state index is 10.2. The molecule has 1 aromatic rings. The first-order chi connectivity index (χ1) is 5.18. The van der Waals surface area contributed by atoms with Gasteiger partial charge >= 0.3 is 5.97 Å². The van der Waals surface area contributed by atoms with Gasteiger partial charge in [-0.1, -0.05) is 11.6 Å². The van der Waals surface area contributed by atoms with Gasteiger partial charge in [0.15, 0.2) is 12.4 Å². The molecule has 1 rings (SSSR count). The van der Waals surface area contributed by atoms with Crippen molar-refractivity contribution in [3.63, 3.8) is 0 Å². The minimum Gasteiger partial charge on any atom is -1.00 e. The van der Waals surface area contributed by atoms with Crippen molar-refractivity contribution in [2.75, 3.05) is 0 Å². The van der Waals surface area contributed by atoms with Crippen LogP contribution < -0.4 is 17.0 Å². The first-order valence-corrected chi connectivity index (χ1v) is 3.42. The van der Waals surface area contributed by atoms with Crippen LogP contribution in [-0.2, 0) is 11.3 Å². The number of carboxylic acids is 1. The molecule has 0 aliphatic heterocycles. The van der Waals surface area contributed by atoms with Crippen LogP contribution in [0.2, 0.25) is 5.02 Å². The second-order valence-corrected chi connectivity index (χ2v) is 2.52. The number of nitrogens with zero attached hydrogens (tertiary/aromatic N) is 1. The molecule has 1 heterocycles. The Bertz CT molecular complexity index is 261. The Morgan fingerprint density at radius 3 is 2.42 bits per heavy atom. The minimum absolute atomic E-state index is 0. The normalized spacial score (nSPS) is 8.75. The first-order valence-electron chi connectivity index (χ1n) is 3.05. The molecule has 0 unspecified atom stereocenters. The van der Waals surface area contributed by atoms with Crippen LogP contribution in [0.25, 0.3) is 0 Å². The Hall–Kier alpha value is -0.800. The predicted octanol–water partition coefficient (Wildman–Crippen LogP) is -2.28. The number of pyridine rings is 1. The molecule has 0 saturated heterocycles. The summed E-state index contributed by atoms with van der Waals surface area (Å²) < 4.78 is 1.54. The van der Waals surface area contributed by atoms with Crippen molar-refractivity contribution in [3.05, 3.63) is 29.5 Å². The van der Waals surface area contributed by atoms with Gasteiger partial charge < -0.3 is 17.5 Å². The molecular formula is C7H7Cl2NO2. The molecule has 0 saturated carbocycles. The van der Waals surface area contributed by atoms with Crippen LogP contribution in [0.4, 0.5) is 0 Å². The highest BCUT2D eigenvalue weighted by Gasteiger charge is 2.04. The molecule has 1 N–H and O–H groups in total. The Balaban J connectivity index is 0.00000121. The van der Waals surface area contributed by atoms with E-state index >= 15 is 0 Å². The summed E-state index contributed by atoms with van der Waals surface area (Å²) >= 11 is 5.59. The van der Waals surface area contributed by atoms with Crippen LogP contribution in [-0.4, -0.2) is 11.1 Å². The van der Waals surface area contributed by atoms with Crippen LogP contribution in [0.15, 0.2) is 24.5 Å². The van der Waals surface area contributed by atoms with Crippen molar-refractivity contribution < 1.29 is 26.9 Å². The molecule has 0 fully saturated rings. The summed E-state index contributed by atoms with van der Waals surface area (Å²) in [6, 6.07) is 3.29. The average molecular weight is 208 g/mol. The van der Waals surface area contributed by atoms with Gasteiger partial charge in [-0.3, -0.25) is 0 Å². The first kappa shape index (κ1) is 11.2. The maximum Gasteiger partial charge on any atom is 0.370 e. The Kier molecular flexibility index (Phi) is 4.62. The van der Waals surface area contributed by atoms with E-state index in [2.05, 4.69) is 0 Å². The van der Waals surface area contributed by atoms with E-state index < -0.39 is 5.97 Å². The summed E-state index contributed by atoms with van der Waals surface area (Å²) in [4.78, 5) is 10.2. The van der Waals surface area contributed by atoms with Gasteiger partial charge in [0.25, 0.3) is 0 Å². The molecule has 0 amide bonds. The van der Waals surface area contributed by atoms with Crippen LogP contribution >= 0.6 is 11.6 Å². The van der Waals surface area contributed by atoms with Gasteiger partial charge in [0, 0.05) is 12.1 Å². The summed E-state index contributed by atoms with van der Waals surface area (Å²) in [6.07, 6.45) is 3.24. The van der Waals surface area contributed by atoms with Crippen LogP contribution in [0, 0.1) is 0 Å². The molecule has 0 radical (unpaired) electrons. The Morgan fingerprint density at radius 1 is 1.50 bits per heavy atom. The zero-order valence-electron chi connectivity index (χ0n) is 6.08. The smallest absolute Gasteiger partial charge is 0.370 e. The third-order valence-electron chi connectivity index (χ3n) is 1.17. The van der Waals surface area contributed by atoms with E-state index in [0.717, 1.165) is 0 Å². The van der Waals surface area contributed by atoms with E-state index in [9.17, 15) is 4.79 Å². The fourth-order valence-corrected chi connectivity index (χ4v) is 0.813. The predicted molar refractivity (Wildman–Crippen MR) is 39.3 cm³/mol.